The van der Waals surface area contributed by atoms with Crippen molar-refractivity contribution in [3.8, 4) is 17.0 Å². The molecule has 6 heteroatoms. The van der Waals surface area contributed by atoms with Crippen LogP contribution in [0.5, 0.6) is 5.75 Å². The molecule has 1 saturated carbocycles. The fourth-order valence-electron chi connectivity index (χ4n) is 4.89. The topological polar surface area (TPSA) is 54.2 Å². The van der Waals surface area contributed by atoms with Gasteiger partial charge in [0.25, 0.3) is 0 Å². The first kappa shape index (κ1) is 18.0. The minimum atomic E-state index is 0.138. The number of aromatic hydroxyl groups is 1. The Labute approximate surface area is 169 Å². The van der Waals surface area contributed by atoms with Crippen molar-refractivity contribution in [3.05, 3.63) is 41.0 Å². The summed E-state index contributed by atoms with van der Waals surface area (Å²) in [6.07, 6.45) is 7.34. The molecule has 5 rings (SSSR count). The van der Waals surface area contributed by atoms with Gasteiger partial charge in [0.1, 0.15) is 5.75 Å². The highest BCUT2D eigenvalue weighted by molar-refractivity contribution is 6.31. The number of halogens is 1. The van der Waals surface area contributed by atoms with E-state index in [1.807, 2.05) is 19.1 Å². The number of hydrogen-bond donors (Lipinski definition) is 1. The summed E-state index contributed by atoms with van der Waals surface area (Å²) in [5, 5.41) is 20.8. The van der Waals surface area contributed by atoms with E-state index in [0.717, 1.165) is 23.1 Å². The van der Waals surface area contributed by atoms with E-state index in [2.05, 4.69) is 39.0 Å². The Morgan fingerprint density at radius 1 is 1.25 bits per heavy atom. The highest BCUT2D eigenvalue weighted by Gasteiger charge is 2.49. The van der Waals surface area contributed by atoms with E-state index in [-0.39, 0.29) is 5.75 Å². The van der Waals surface area contributed by atoms with Crippen LogP contribution in [-0.2, 0) is 6.54 Å². The third kappa shape index (κ3) is 2.97. The molecule has 2 fully saturated rings. The molecule has 28 heavy (non-hydrogen) atoms. The van der Waals surface area contributed by atoms with Crippen molar-refractivity contribution >= 4 is 22.6 Å². The first-order chi connectivity index (χ1) is 13.4. The summed E-state index contributed by atoms with van der Waals surface area (Å²) in [5.74, 6) is 0.831. The quantitative estimate of drug-likeness (QED) is 0.700. The van der Waals surface area contributed by atoms with Crippen LogP contribution >= 0.6 is 11.6 Å². The number of benzene rings is 1. The maximum absolute atomic E-state index is 10.3. The normalized spacial score (nSPS) is 21.5. The molecule has 1 unspecified atom stereocenters. The van der Waals surface area contributed by atoms with E-state index in [4.69, 9.17) is 11.6 Å². The molecular weight excluding hydrogens is 372 g/mol. The first-order valence-corrected chi connectivity index (χ1v) is 10.4. The van der Waals surface area contributed by atoms with Crippen molar-refractivity contribution in [1.29, 1.82) is 0 Å². The minimum absolute atomic E-state index is 0.138. The van der Waals surface area contributed by atoms with E-state index in [9.17, 15) is 5.11 Å². The van der Waals surface area contributed by atoms with Gasteiger partial charge in [-0.25, -0.2) is 0 Å². The minimum Gasteiger partial charge on any atom is -0.507 e. The van der Waals surface area contributed by atoms with Gasteiger partial charge < -0.3 is 14.6 Å². The van der Waals surface area contributed by atoms with E-state index in [0.29, 0.717) is 27.7 Å². The number of hydrogen-bond acceptors (Lipinski definition) is 4. The predicted octanol–water partition coefficient (Wildman–Crippen LogP) is 4.64. The lowest BCUT2D eigenvalue weighted by Gasteiger charge is -2.37. The van der Waals surface area contributed by atoms with Gasteiger partial charge >= 0.3 is 0 Å². The van der Waals surface area contributed by atoms with Gasteiger partial charge in [-0.15, -0.1) is 10.2 Å². The number of aryl methyl sites for hydroxylation is 1. The van der Waals surface area contributed by atoms with Crippen LogP contribution in [0.3, 0.4) is 0 Å². The van der Waals surface area contributed by atoms with Gasteiger partial charge in [0, 0.05) is 34.3 Å². The van der Waals surface area contributed by atoms with Gasteiger partial charge in [0.05, 0.1) is 5.69 Å². The second-order valence-electron chi connectivity index (χ2n) is 8.60. The molecule has 146 valence electrons. The average Bonchev–Trinajstić information content (AvgIpc) is 3.31. The van der Waals surface area contributed by atoms with Crippen LogP contribution in [0.15, 0.2) is 30.5 Å². The second kappa shape index (κ2) is 6.46. The number of piperidine rings is 1. The fraction of sp³-hybridized carbons (Fsp3) is 0.455. The van der Waals surface area contributed by atoms with Gasteiger partial charge in [-0.3, -0.25) is 0 Å². The summed E-state index contributed by atoms with van der Waals surface area (Å²) < 4.78 is 2.24. The molecule has 1 aromatic carbocycles. The predicted molar refractivity (Wildman–Crippen MR) is 112 cm³/mol. The largest absolute Gasteiger partial charge is 0.507 e. The van der Waals surface area contributed by atoms with Crippen LogP contribution in [0.1, 0.15) is 31.2 Å². The Morgan fingerprint density at radius 2 is 2.07 bits per heavy atom. The maximum atomic E-state index is 10.3. The fourth-order valence-corrected chi connectivity index (χ4v) is 5.15. The molecule has 2 aromatic heterocycles. The van der Waals surface area contributed by atoms with Crippen molar-refractivity contribution in [2.45, 2.75) is 44.7 Å². The Balaban J connectivity index is 1.43. The Kier molecular flexibility index (Phi) is 4.14. The zero-order valence-electron chi connectivity index (χ0n) is 16.3. The lowest BCUT2D eigenvalue weighted by atomic mass is 9.89. The summed E-state index contributed by atoms with van der Waals surface area (Å²) in [6, 6.07) is 7.49. The van der Waals surface area contributed by atoms with Crippen LogP contribution < -0.4 is 0 Å². The SMILES string of the molecule is Cc1cc(Cl)cc(O)c1-c1cc2ccn(CC3CCN(C)C4(CC4)C3)c2nn1. The smallest absolute Gasteiger partial charge is 0.162 e. The molecule has 1 atom stereocenters. The number of phenolic OH excluding ortho intramolecular Hbond substituents is 1. The number of phenols is 1. The Bertz CT molecular complexity index is 1030. The average molecular weight is 397 g/mol. The highest BCUT2D eigenvalue weighted by Crippen LogP contribution is 2.49. The summed E-state index contributed by atoms with van der Waals surface area (Å²) in [7, 11) is 2.27. The van der Waals surface area contributed by atoms with Crippen LogP contribution in [0, 0.1) is 12.8 Å². The maximum Gasteiger partial charge on any atom is 0.162 e. The lowest BCUT2D eigenvalue weighted by molar-refractivity contribution is 0.115. The number of nitrogens with zero attached hydrogens (tertiary/aromatic N) is 4. The molecule has 1 aliphatic heterocycles. The van der Waals surface area contributed by atoms with Gasteiger partial charge in [-0.05, 0) is 81.9 Å². The van der Waals surface area contributed by atoms with E-state index in [1.165, 1.54) is 32.2 Å². The Hall–Kier alpha value is -2.11. The third-order valence-electron chi connectivity index (χ3n) is 6.68. The van der Waals surface area contributed by atoms with Crippen LogP contribution in [-0.4, -0.2) is 43.9 Å². The van der Waals surface area contributed by atoms with E-state index in [1.54, 1.807) is 6.07 Å². The van der Waals surface area contributed by atoms with Crippen LogP contribution in [0.25, 0.3) is 22.3 Å². The van der Waals surface area contributed by atoms with Gasteiger partial charge in [-0.1, -0.05) is 11.6 Å². The molecule has 1 saturated heterocycles. The third-order valence-corrected chi connectivity index (χ3v) is 6.90. The zero-order chi connectivity index (χ0) is 19.5. The number of likely N-dealkylation sites (tertiary alicyclic amines) is 1. The van der Waals surface area contributed by atoms with E-state index < -0.39 is 0 Å². The van der Waals surface area contributed by atoms with Crippen molar-refractivity contribution in [3.63, 3.8) is 0 Å². The number of rotatable bonds is 3. The van der Waals surface area contributed by atoms with Crippen molar-refractivity contribution in [2.24, 2.45) is 5.92 Å². The van der Waals surface area contributed by atoms with Crippen molar-refractivity contribution in [1.82, 2.24) is 19.7 Å². The van der Waals surface area contributed by atoms with Crippen molar-refractivity contribution < 1.29 is 5.11 Å². The molecule has 2 aliphatic rings. The summed E-state index contributed by atoms with van der Waals surface area (Å²) in [4.78, 5) is 2.56. The Morgan fingerprint density at radius 3 is 2.82 bits per heavy atom. The van der Waals surface area contributed by atoms with Gasteiger partial charge in [0.15, 0.2) is 5.65 Å². The summed E-state index contributed by atoms with van der Waals surface area (Å²) in [5.41, 5.74) is 3.65. The highest BCUT2D eigenvalue weighted by atomic mass is 35.5. The molecule has 1 N–H and O–H groups in total. The molecular formula is C22H25ClN4O. The zero-order valence-corrected chi connectivity index (χ0v) is 17.1. The van der Waals surface area contributed by atoms with Gasteiger partial charge in [0.2, 0.25) is 0 Å². The number of fused-ring (bicyclic) bond motifs is 1. The van der Waals surface area contributed by atoms with Gasteiger partial charge in [-0.2, -0.15) is 0 Å². The molecule has 3 aromatic rings. The molecule has 0 bridgehead atoms. The summed E-state index contributed by atoms with van der Waals surface area (Å²) in [6.45, 7) is 4.11. The van der Waals surface area contributed by atoms with Crippen molar-refractivity contribution in [2.75, 3.05) is 13.6 Å². The van der Waals surface area contributed by atoms with Crippen LogP contribution in [0.4, 0.5) is 0 Å². The molecule has 0 radical (unpaired) electrons. The molecule has 0 amide bonds. The first-order valence-electron chi connectivity index (χ1n) is 9.98. The summed E-state index contributed by atoms with van der Waals surface area (Å²) >= 11 is 6.03. The standard InChI is InChI=1S/C22H25ClN4O/c1-14-9-17(23)11-19(28)20(14)18-10-16-4-8-27(21(16)25-24-18)13-15-3-7-26(2)22(12-15)5-6-22/h4,8-11,15,28H,3,5-7,12-13H2,1-2H3. The molecule has 1 spiro atoms. The number of aromatic nitrogens is 3. The van der Waals surface area contributed by atoms with Crippen LogP contribution in [0.2, 0.25) is 5.02 Å². The second-order valence-corrected chi connectivity index (χ2v) is 9.03. The molecule has 5 nitrogen and oxygen atoms in total. The monoisotopic (exact) mass is 396 g/mol. The molecule has 1 aliphatic carbocycles. The molecule has 3 heterocycles. The lowest BCUT2D eigenvalue weighted by Crippen LogP contribution is -2.42. The van der Waals surface area contributed by atoms with E-state index >= 15 is 0 Å².